The van der Waals surface area contributed by atoms with Crippen molar-refractivity contribution in [3.8, 4) is 0 Å². The molecule has 0 bridgehead atoms. The third-order valence-electron chi connectivity index (χ3n) is 3.37. The summed E-state index contributed by atoms with van der Waals surface area (Å²) in [5, 5.41) is 11.6. The molecule has 0 aliphatic rings. The first-order chi connectivity index (χ1) is 9.71. The van der Waals surface area contributed by atoms with E-state index in [0.717, 1.165) is 0 Å². The quantitative estimate of drug-likeness (QED) is 0.858. The molecule has 0 aliphatic carbocycles. The van der Waals surface area contributed by atoms with E-state index in [4.69, 9.17) is 5.11 Å². The molecule has 1 unspecified atom stereocenters. The second-order valence-corrected chi connectivity index (χ2v) is 5.22. The molecule has 0 saturated carbocycles. The Morgan fingerprint density at radius 3 is 2.00 bits per heavy atom. The summed E-state index contributed by atoms with van der Waals surface area (Å²) >= 11 is 0. The van der Waals surface area contributed by atoms with Gasteiger partial charge in [0.2, 0.25) is 0 Å². The molecule has 0 heterocycles. The summed E-state index contributed by atoms with van der Waals surface area (Å²) in [6.45, 7) is 3.14. The molecule has 1 aromatic rings. The van der Waals surface area contributed by atoms with Crippen molar-refractivity contribution >= 4 is 17.8 Å². The molecule has 0 radical (unpaired) electrons. The summed E-state index contributed by atoms with van der Waals surface area (Å²) in [5.41, 5.74) is -0.533. The third kappa shape index (κ3) is 3.81. The SMILES string of the molecule is CCC(C)(NC(=O)c1ccc(C(=O)N(C)C)cc1)C(=O)O. The Morgan fingerprint density at radius 2 is 1.62 bits per heavy atom. The average Bonchev–Trinajstić information content (AvgIpc) is 2.46. The van der Waals surface area contributed by atoms with E-state index in [9.17, 15) is 14.4 Å². The minimum atomic E-state index is -1.31. The van der Waals surface area contributed by atoms with Gasteiger partial charge in [-0.25, -0.2) is 4.79 Å². The first-order valence-corrected chi connectivity index (χ1v) is 6.59. The highest BCUT2D eigenvalue weighted by molar-refractivity contribution is 5.99. The molecular weight excluding hydrogens is 272 g/mol. The Hall–Kier alpha value is -2.37. The maximum atomic E-state index is 12.1. The topological polar surface area (TPSA) is 86.7 Å². The van der Waals surface area contributed by atoms with Crippen LogP contribution in [0.25, 0.3) is 0 Å². The predicted molar refractivity (Wildman–Crippen MR) is 78.3 cm³/mol. The van der Waals surface area contributed by atoms with Crippen molar-refractivity contribution in [2.75, 3.05) is 14.1 Å². The van der Waals surface area contributed by atoms with Crippen LogP contribution in [0.2, 0.25) is 0 Å². The van der Waals surface area contributed by atoms with E-state index in [-0.39, 0.29) is 12.3 Å². The standard InChI is InChI=1S/C15H20N2O4/c1-5-15(2,14(20)21)16-12(18)10-6-8-11(9-7-10)13(19)17(3)4/h6-9H,5H2,1-4H3,(H,16,18)(H,20,21). The first-order valence-electron chi connectivity index (χ1n) is 6.59. The van der Waals surface area contributed by atoms with Gasteiger partial charge in [0.1, 0.15) is 5.54 Å². The molecule has 1 rings (SSSR count). The molecule has 0 aliphatic heterocycles. The van der Waals surface area contributed by atoms with E-state index in [1.54, 1.807) is 33.2 Å². The molecule has 0 spiro atoms. The molecule has 21 heavy (non-hydrogen) atoms. The molecular formula is C15H20N2O4. The number of rotatable bonds is 5. The molecule has 2 amide bonds. The highest BCUT2D eigenvalue weighted by atomic mass is 16.4. The molecule has 0 fully saturated rings. The van der Waals surface area contributed by atoms with Gasteiger partial charge in [0.05, 0.1) is 0 Å². The van der Waals surface area contributed by atoms with Gasteiger partial charge >= 0.3 is 5.97 Å². The van der Waals surface area contributed by atoms with Crippen LogP contribution in [-0.4, -0.2) is 47.4 Å². The van der Waals surface area contributed by atoms with Crippen LogP contribution in [0, 0.1) is 0 Å². The zero-order chi connectivity index (χ0) is 16.2. The molecule has 0 aromatic heterocycles. The van der Waals surface area contributed by atoms with E-state index in [2.05, 4.69) is 5.32 Å². The van der Waals surface area contributed by atoms with Crippen LogP contribution in [0.15, 0.2) is 24.3 Å². The fraction of sp³-hybridized carbons (Fsp3) is 0.400. The van der Waals surface area contributed by atoms with Gasteiger partial charge in [-0.1, -0.05) is 6.92 Å². The molecule has 1 aromatic carbocycles. The average molecular weight is 292 g/mol. The number of nitrogens with zero attached hydrogens (tertiary/aromatic N) is 1. The maximum Gasteiger partial charge on any atom is 0.329 e. The lowest BCUT2D eigenvalue weighted by atomic mass is 9.98. The van der Waals surface area contributed by atoms with Crippen LogP contribution in [0.4, 0.5) is 0 Å². The van der Waals surface area contributed by atoms with Crippen LogP contribution in [0.1, 0.15) is 41.0 Å². The van der Waals surface area contributed by atoms with Crippen molar-refractivity contribution < 1.29 is 19.5 Å². The summed E-state index contributed by atoms with van der Waals surface area (Å²) in [4.78, 5) is 36.4. The molecule has 6 heteroatoms. The number of carboxylic acid groups (broad SMARTS) is 1. The van der Waals surface area contributed by atoms with Crippen LogP contribution in [-0.2, 0) is 4.79 Å². The van der Waals surface area contributed by atoms with Gasteiger partial charge in [-0.3, -0.25) is 9.59 Å². The number of benzene rings is 1. The number of hydrogen-bond donors (Lipinski definition) is 2. The second-order valence-electron chi connectivity index (χ2n) is 5.22. The fourth-order valence-corrected chi connectivity index (χ4v) is 1.64. The predicted octanol–water partition coefficient (Wildman–Crippen LogP) is 1.37. The van der Waals surface area contributed by atoms with Crippen molar-refractivity contribution in [3.05, 3.63) is 35.4 Å². The third-order valence-corrected chi connectivity index (χ3v) is 3.37. The summed E-state index contributed by atoms with van der Waals surface area (Å²) in [6, 6.07) is 6.09. The van der Waals surface area contributed by atoms with Crippen molar-refractivity contribution in [1.29, 1.82) is 0 Å². The van der Waals surface area contributed by atoms with Gasteiger partial charge < -0.3 is 15.3 Å². The number of amides is 2. The minimum absolute atomic E-state index is 0.161. The summed E-state index contributed by atoms with van der Waals surface area (Å²) in [5.74, 6) is -1.73. The Kier molecular flexibility index (Phi) is 5.07. The van der Waals surface area contributed by atoms with Crippen molar-refractivity contribution in [1.82, 2.24) is 10.2 Å². The number of aliphatic carboxylic acids is 1. The van der Waals surface area contributed by atoms with E-state index in [1.165, 1.54) is 24.0 Å². The molecule has 2 N–H and O–H groups in total. The highest BCUT2D eigenvalue weighted by Gasteiger charge is 2.33. The summed E-state index contributed by atoms with van der Waals surface area (Å²) in [6.07, 6.45) is 0.269. The minimum Gasteiger partial charge on any atom is -0.480 e. The first kappa shape index (κ1) is 16.7. The lowest BCUT2D eigenvalue weighted by Gasteiger charge is -2.24. The number of carboxylic acids is 1. The van der Waals surface area contributed by atoms with Crippen molar-refractivity contribution in [3.63, 3.8) is 0 Å². The van der Waals surface area contributed by atoms with E-state index in [0.29, 0.717) is 11.1 Å². The Bertz CT molecular complexity index is 551. The number of hydrogen-bond acceptors (Lipinski definition) is 3. The van der Waals surface area contributed by atoms with Crippen molar-refractivity contribution in [2.45, 2.75) is 25.8 Å². The normalized spacial score (nSPS) is 13.1. The largest absolute Gasteiger partial charge is 0.480 e. The highest BCUT2D eigenvalue weighted by Crippen LogP contribution is 2.12. The summed E-state index contributed by atoms with van der Waals surface area (Å²) in [7, 11) is 3.28. The smallest absolute Gasteiger partial charge is 0.329 e. The fourth-order valence-electron chi connectivity index (χ4n) is 1.64. The second kappa shape index (κ2) is 6.39. The Labute approximate surface area is 123 Å². The van der Waals surface area contributed by atoms with Crippen LogP contribution in [0.3, 0.4) is 0 Å². The van der Waals surface area contributed by atoms with Gasteiger partial charge in [-0.2, -0.15) is 0 Å². The van der Waals surface area contributed by atoms with Gasteiger partial charge in [0.15, 0.2) is 0 Å². The number of carbonyl (C=O) groups excluding carboxylic acids is 2. The molecule has 0 saturated heterocycles. The molecule has 114 valence electrons. The lowest BCUT2D eigenvalue weighted by molar-refractivity contribution is -0.143. The van der Waals surface area contributed by atoms with Gasteiger partial charge in [0, 0.05) is 25.2 Å². The monoisotopic (exact) mass is 292 g/mol. The van der Waals surface area contributed by atoms with E-state index < -0.39 is 17.4 Å². The van der Waals surface area contributed by atoms with Crippen LogP contribution >= 0.6 is 0 Å². The van der Waals surface area contributed by atoms with Gasteiger partial charge in [-0.15, -0.1) is 0 Å². The Balaban J connectivity index is 2.90. The van der Waals surface area contributed by atoms with Gasteiger partial charge in [0.25, 0.3) is 11.8 Å². The maximum absolute atomic E-state index is 12.1. The van der Waals surface area contributed by atoms with E-state index in [1.807, 2.05) is 0 Å². The zero-order valence-corrected chi connectivity index (χ0v) is 12.6. The van der Waals surface area contributed by atoms with Gasteiger partial charge in [-0.05, 0) is 37.6 Å². The lowest BCUT2D eigenvalue weighted by Crippen LogP contribution is -2.51. The summed E-state index contributed by atoms with van der Waals surface area (Å²) < 4.78 is 0. The van der Waals surface area contributed by atoms with E-state index >= 15 is 0 Å². The number of carbonyl (C=O) groups is 3. The van der Waals surface area contributed by atoms with Crippen LogP contribution < -0.4 is 5.32 Å². The molecule has 6 nitrogen and oxygen atoms in total. The van der Waals surface area contributed by atoms with Crippen molar-refractivity contribution in [2.24, 2.45) is 0 Å². The molecule has 1 atom stereocenters. The zero-order valence-electron chi connectivity index (χ0n) is 12.6. The number of nitrogens with one attached hydrogen (secondary N) is 1. The van der Waals surface area contributed by atoms with Crippen LogP contribution in [0.5, 0.6) is 0 Å². The Morgan fingerprint density at radius 1 is 1.14 bits per heavy atom.